The first kappa shape index (κ1) is 24.0. The van der Waals surface area contributed by atoms with Crippen molar-refractivity contribution >= 4 is 23.4 Å². The molecular formula is C26H30N4O3S. The SMILES string of the molecule is CSc1ccc(C(=O)N2CCC(c3nccn3Cc3ccc(C(C)C)cc3)CC2)cc1[N+](=O)[O-]. The van der Waals surface area contributed by atoms with E-state index in [4.69, 9.17) is 0 Å². The Hall–Kier alpha value is -3.13. The van der Waals surface area contributed by atoms with Gasteiger partial charge in [0.2, 0.25) is 0 Å². The van der Waals surface area contributed by atoms with Gasteiger partial charge < -0.3 is 9.47 Å². The molecule has 1 saturated heterocycles. The number of nitro benzene ring substituents is 1. The van der Waals surface area contributed by atoms with Crippen LogP contribution < -0.4 is 0 Å². The van der Waals surface area contributed by atoms with E-state index in [1.54, 1.807) is 23.3 Å². The third-order valence-corrected chi connectivity index (χ3v) is 7.30. The van der Waals surface area contributed by atoms with Crippen LogP contribution in [-0.2, 0) is 6.54 Å². The Kier molecular flexibility index (Phi) is 7.36. The number of carbonyl (C=O) groups excluding carboxylic acids is 1. The van der Waals surface area contributed by atoms with Crippen molar-refractivity contribution in [3.63, 3.8) is 0 Å². The molecule has 1 amide bonds. The maximum atomic E-state index is 13.0. The topological polar surface area (TPSA) is 81.3 Å². The van der Waals surface area contributed by atoms with Crippen LogP contribution in [0.2, 0.25) is 0 Å². The van der Waals surface area contributed by atoms with Gasteiger partial charge in [0, 0.05) is 49.6 Å². The van der Waals surface area contributed by atoms with E-state index in [1.165, 1.54) is 29.0 Å². The van der Waals surface area contributed by atoms with E-state index in [0.717, 1.165) is 25.2 Å². The molecule has 2 aromatic carbocycles. The van der Waals surface area contributed by atoms with Crippen molar-refractivity contribution in [1.82, 2.24) is 14.5 Å². The summed E-state index contributed by atoms with van der Waals surface area (Å²) in [5.41, 5.74) is 2.93. The molecule has 178 valence electrons. The number of hydrogen-bond acceptors (Lipinski definition) is 5. The molecule has 7 nitrogen and oxygen atoms in total. The molecule has 0 atom stereocenters. The summed E-state index contributed by atoms with van der Waals surface area (Å²) in [6.07, 6.45) is 7.30. The van der Waals surface area contributed by atoms with Crippen molar-refractivity contribution in [3.8, 4) is 0 Å². The number of likely N-dealkylation sites (tertiary alicyclic amines) is 1. The summed E-state index contributed by atoms with van der Waals surface area (Å²) in [5.74, 6) is 1.70. The summed E-state index contributed by atoms with van der Waals surface area (Å²) in [6, 6.07) is 13.5. The van der Waals surface area contributed by atoms with Gasteiger partial charge >= 0.3 is 0 Å². The predicted molar refractivity (Wildman–Crippen MR) is 135 cm³/mol. The van der Waals surface area contributed by atoms with Crippen molar-refractivity contribution in [3.05, 3.63) is 87.5 Å². The lowest BCUT2D eigenvalue weighted by molar-refractivity contribution is -0.387. The number of aromatic nitrogens is 2. The molecule has 34 heavy (non-hydrogen) atoms. The van der Waals surface area contributed by atoms with E-state index in [0.29, 0.717) is 29.5 Å². The third-order valence-electron chi connectivity index (χ3n) is 6.52. The van der Waals surface area contributed by atoms with Gasteiger partial charge in [0.15, 0.2) is 0 Å². The van der Waals surface area contributed by atoms with Gasteiger partial charge in [0.25, 0.3) is 11.6 Å². The van der Waals surface area contributed by atoms with Gasteiger partial charge in [-0.2, -0.15) is 0 Å². The molecule has 1 aliphatic rings. The lowest BCUT2D eigenvalue weighted by Crippen LogP contribution is -2.38. The summed E-state index contributed by atoms with van der Waals surface area (Å²) >= 11 is 1.31. The fourth-order valence-corrected chi connectivity index (χ4v) is 5.05. The molecule has 0 spiro atoms. The Morgan fingerprint density at radius 1 is 1.18 bits per heavy atom. The van der Waals surface area contributed by atoms with Crippen LogP contribution >= 0.6 is 11.8 Å². The van der Waals surface area contributed by atoms with Crippen LogP contribution in [-0.4, -0.2) is 44.6 Å². The zero-order valence-electron chi connectivity index (χ0n) is 19.8. The van der Waals surface area contributed by atoms with Crippen LogP contribution in [0.1, 0.15) is 65.8 Å². The van der Waals surface area contributed by atoms with Gasteiger partial charge in [0.1, 0.15) is 5.82 Å². The van der Waals surface area contributed by atoms with E-state index < -0.39 is 4.92 Å². The molecular weight excluding hydrogens is 448 g/mol. The zero-order valence-corrected chi connectivity index (χ0v) is 20.6. The molecule has 2 heterocycles. The zero-order chi connectivity index (χ0) is 24.2. The van der Waals surface area contributed by atoms with Crippen LogP contribution in [0.25, 0.3) is 0 Å². The number of nitrogens with zero attached hydrogens (tertiary/aromatic N) is 4. The Morgan fingerprint density at radius 3 is 2.50 bits per heavy atom. The van der Waals surface area contributed by atoms with Crippen molar-refractivity contribution in [2.75, 3.05) is 19.3 Å². The minimum atomic E-state index is -0.426. The van der Waals surface area contributed by atoms with Gasteiger partial charge in [-0.1, -0.05) is 38.1 Å². The van der Waals surface area contributed by atoms with E-state index in [9.17, 15) is 14.9 Å². The van der Waals surface area contributed by atoms with Gasteiger partial charge in [-0.05, 0) is 48.3 Å². The second-order valence-corrected chi connectivity index (χ2v) is 9.87. The van der Waals surface area contributed by atoms with E-state index in [-0.39, 0.29) is 17.5 Å². The van der Waals surface area contributed by atoms with Crippen LogP contribution in [0.3, 0.4) is 0 Å². The highest BCUT2D eigenvalue weighted by molar-refractivity contribution is 7.98. The number of carbonyl (C=O) groups is 1. The molecule has 1 aliphatic heterocycles. The first-order valence-corrected chi connectivity index (χ1v) is 12.8. The highest BCUT2D eigenvalue weighted by Crippen LogP contribution is 2.31. The number of benzene rings is 2. The molecule has 4 rings (SSSR count). The van der Waals surface area contributed by atoms with Crippen LogP contribution in [0.5, 0.6) is 0 Å². The minimum Gasteiger partial charge on any atom is -0.339 e. The highest BCUT2D eigenvalue weighted by Gasteiger charge is 2.28. The van der Waals surface area contributed by atoms with Crippen molar-refractivity contribution in [1.29, 1.82) is 0 Å². The number of imidazole rings is 1. The van der Waals surface area contributed by atoms with E-state index in [1.807, 2.05) is 12.4 Å². The molecule has 0 N–H and O–H groups in total. The van der Waals surface area contributed by atoms with Crippen molar-refractivity contribution < 1.29 is 9.72 Å². The Balaban J connectivity index is 1.41. The molecule has 0 bridgehead atoms. The maximum Gasteiger partial charge on any atom is 0.283 e. The second-order valence-electron chi connectivity index (χ2n) is 9.02. The normalized spacial score (nSPS) is 14.5. The molecule has 0 radical (unpaired) electrons. The van der Waals surface area contributed by atoms with Gasteiger partial charge in [0.05, 0.1) is 9.82 Å². The lowest BCUT2D eigenvalue weighted by atomic mass is 9.95. The number of rotatable bonds is 7. The Labute approximate surface area is 204 Å². The highest BCUT2D eigenvalue weighted by atomic mass is 32.2. The molecule has 0 saturated carbocycles. The van der Waals surface area contributed by atoms with Crippen LogP contribution in [0.4, 0.5) is 5.69 Å². The van der Waals surface area contributed by atoms with Gasteiger partial charge in [-0.15, -0.1) is 11.8 Å². The summed E-state index contributed by atoms with van der Waals surface area (Å²) in [5, 5.41) is 11.4. The van der Waals surface area contributed by atoms with Crippen LogP contribution in [0.15, 0.2) is 59.8 Å². The molecule has 1 fully saturated rings. The van der Waals surface area contributed by atoms with E-state index >= 15 is 0 Å². The number of thioether (sulfide) groups is 1. The smallest absolute Gasteiger partial charge is 0.283 e. The molecule has 3 aromatic rings. The van der Waals surface area contributed by atoms with Crippen molar-refractivity contribution in [2.24, 2.45) is 0 Å². The Morgan fingerprint density at radius 2 is 1.88 bits per heavy atom. The first-order valence-electron chi connectivity index (χ1n) is 11.6. The van der Waals surface area contributed by atoms with Gasteiger partial charge in [-0.25, -0.2) is 4.98 Å². The second kappa shape index (κ2) is 10.4. The number of amides is 1. The fraction of sp³-hybridized carbons (Fsp3) is 0.385. The molecule has 1 aromatic heterocycles. The summed E-state index contributed by atoms with van der Waals surface area (Å²) in [6.45, 7) is 6.38. The number of piperidine rings is 1. The summed E-state index contributed by atoms with van der Waals surface area (Å²) < 4.78 is 2.21. The Bertz CT molecular complexity index is 1170. The lowest BCUT2D eigenvalue weighted by Gasteiger charge is -2.32. The first-order chi connectivity index (χ1) is 16.4. The standard InChI is InChI=1S/C26H30N4O3S/c1-18(2)20-6-4-19(5-7-20)17-29-15-12-27-25(29)21-10-13-28(14-11-21)26(31)22-8-9-24(34-3)23(16-22)30(32)33/h4-9,12,15-16,18,21H,10-11,13-14,17H2,1-3H3. The molecule has 0 aliphatic carbocycles. The fourth-order valence-electron chi connectivity index (χ4n) is 4.51. The molecule has 0 unspecified atom stereocenters. The number of hydrogen-bond donors (Lipinski definition) is 0. The number of nitro groups is 1. The summed E-state index contributed by atoms with van der Waals surface area (Å²) in [7, 11) is 0. The van der Waals surface area contributed by atoms with Crippen molar-refractivity contribution in [2.45, 2.75) is 50.0 Å². The van der Waals surface area contributed by atoms with Crippen LogP contribution in [0, 0.1) is 10.1 Å². The average molecular weight is 479 g/mol. The van der Waals surface area contributed by atoms with E-state index in [2.05, 4.69) is 47.7 Å². The predicted octanol–water partition coefficient (Wildman–Crippen LogP) is 5.70. The van der Waals surface area contributed by atoms with Gasteiger partial charge in [-0.3, -0.25) is 14.9 Å². The minimum absolute atomic E-state index is 0.0170. The average Bonchev–Trinajstić information content (AvgIpc) is 3.31. The summed E-state index contributed by atoms with van der Waals surface area (Å²) in [4.78, 5) is 31.0. The quantitative estimate of drug-likeness (QED) is 0.247. The molecule has 8 heteroatoms. The monoisotopic (exact) mass is 478 g/mol. The maximum absolute atomic E-state index is 13.0. The third kappa shape index (κ3) is 5.17. The largest absolute Gasteiger partial charge is 0.339 e.